The summed E-state index contributed by atoms with van der Waals surface area (Å²) >= 11 is 3.21. The van der Waals surface area contributed by atoms with Gasteiger partial charge in [0.1, 0.15) is 0 Å². The second-order valence-electron chi connectivity index (χ2n) is 6.14. The van der Waals surface area contributed by atoms with E-state index in [0.29, 0.717) is 10.0 Å². The molecule has 2 rings (SSSR count). The van der Waals surface area contributed by atoms with Crippen molar-refractivity contribution < 1.29 is 19.4 Å². The highest BCUT2D eigenvalue weighted by Crippen LogP contribution is 2.34. The zero-order chi connectivity index (χ0) is 20.7. The van der Waals surface area contributed by atoms with Gasteiger partial charge in [-0.3, -0.25) is 9.59 Å². The van der Waals surface area contributed by atoms with E-state index in [1.54, 1.807) is 12.1 Å². The van der Waals surface area contributed by atoms with Crippen LogP contribution in [0.25, 0.3) is 0 Å². The van der Waals surface area contributed by atoms with Crippen molar-refractivity contribution in [3.63, 3.8) is 0 Å². The third-order valence-electron chi connectivity index (χ3n) is 4.13. The van der Waals surface area contributed by atoms with Gasteiger partial charge in [0.15, 0.2) is 11.5 Å². The standard InChI is InChI=1S/C20H22BrN3O4/c1-12-5-4-6-16(13(12)2)23-18(25)7-8-19(26)24-22-11-14-9-15(21)20(27)17(10-14)28-3/h4-6,9-11,27H,7-8H2,1-3H3,(H,23,25)(H,24,26)/b22-11+. The van der Waals surface area contributed by atoms with Crippen LogP contribution >= 0.6 is 15.9 Å². The molecule has 28 heavy (non-hydrogen) atoms. The first kappa shape index (κ1) is 21.4. The molecule has 0 atom stereocenters. The number of anilines is 1. The van der Waals surface area contributed by atoms with Gasteiger partial charge in [0.05, 0.1) is 17.8 Å². The Hall–Kier alpha value is -2.87. The monoisotopic (exact) mass is 447 g/mol. The summed E-state index contributed by atoms with van der Waals surface area (Å²) in [4.78, 5) is 23.9. The number of carbonyl (C=O) groups is 2. The highest BCUT2D eigenvalue weighted by molar-refractivity contribution is 9.10. The van der Waals surface area contributed by atoms with Gasteiger partial charge in [-0.25, -0.2) is 5.43 Å². The lowest BCUT2D eigenvalue weighted by Crippen LogP contribution is -2.21. The Morgan fingerprint density at radius 1 is 1.21 bits per heavy atom. The van der Waals surface area contributed by atoms with Crippen molar-refractivity contribution in [2.45, 2.75) is 26.7 Å². The predicted molar refractivity (Wildman–Crippen MR) is 112 cm³/mol. The van der Waals surface area contributed by atoms with Crippen molar-refractivity contribution in [3.05, 3.63) is 51.5 Å². The molecule has 0 bridgehead atoms. The number of carbonyl (C=O) groups excluding carboxylic acids is 2. The number of hydrogen-bond acceptors (Lipinski definition) is 5. The smallest absolute Gasteiger partial charge is 0.240 e. The predicted octanol–water partition coefficient (Wildman–Crippen LogP) is 3.65. The number of aryl methyl sites for hydroxylation is 1. The van der Waals surface area contributed by atoms with Crippen LogP contribution in [0.1, 0.15) is 29.5 Å². The average Bonchev–Trinajstić information content (AvgIpc) is 2.66. The molecule has 0 saturated heterocycles. The van der Waals surface area contributed by atoms with E-state index in [9.17, 15) is 14.7 Å². The molecule has 2 amide bonds. The number of phenolic OH excluding ortho intramolecular Hbond substituents is 1. The Bertz CT molecular complexity index is 913. The quantitative estimate of drug-likeness (QED) is 0.445. The largest absolute Gasteiger partial charge is 0.503 e. The van der Waals surface area contributed by atoms with Crippen LogP contribution in [0.5, 0.6) is 11.5 Å². The Morgan fingerprint density at radius 2 is 1.93 bits per heavy atom. The highest BCUT2D eigenvalue weighted by atomic mass is 79.9. The van der Waals surface area contributed by atoms with Gasteiger partial charge in [-0.15, -0.1) is 0 Å². The summed E-state index contributed by atoms with van der Waals surface area (Å²) in [6, 6.07) is 8.88. The van der Waals surface area contributed by atoms with E-state index in [4.69, 9.17) is 4.74 Å². The number of hydrazone groups is 1. The van der Waals surface area contributed by atoms with Crippen molar-refractivity contribution in [2.24, 2.45) is 5.10 Å². The second kappa shape index (κ2) is 9.89. The zero-order valence-electron chi connectivity index (χ0n) is 15.9. The summed E-state index contributed by atoms with van der Waals surface area (Å²) in [5, 5.41) is 16.4. The van der Waals surface area contributed by atoms with E-state index in [2.05, 4.69) is 31.8 Å². The fraction of sp³-hybridized carbons (Fsp3) is 0.250. The second-order valence-corrected chi connectivity index (χ2v) is 7.00. The number of ether oxygens (including phenoxy) is 1. The van der Waals surface area contributed by atoms with Gasteiger partial charge in [-0.2, -0.15) is 5.10 Å². The van der Waals surface area contributed by atoms with Crippen LogP contribution < -0.4 is 15.5 Å². The molecule has 0 saturated carbocycles. The molecule has 7 nitrogen and oxygen atoms in total. The first-order valence-electron chi connectivity index (χ1n) is 8.56. The fourth-order valence-corrected chi connectivity index (χ4v) is 2.84. The lowest BCUT2D eigenvalue weighted by molar-refractivity contribution is -0.124. The molecule has 0 aliphatic rings. The van der Waals surface area contributed by atoms with Crippen LogP contribution in [0.2, 0.25) is 0 Å². The van der Waals surface area contributed by atoms with E-state index >= 15 is 0 Å². The van der Waals surface area contributed by atoms with E-state index in [0.717, 1.165) is 16.8 Å². The molecule has 148 valence electrons. The summed E-state index contributed by atoms with van der Waals surface area (Å²) in [5.74, 6) is -0.346. The number of nitrogens with zero attached hydrogens (tertiary/aromatic N) is 1. The van der Waals surface area contributed by atoms with E-state index < -0.39 is 0 Å². The van der Waals surface area contributed by atoms with Gasteiger partial charge in [0.25, 0.3) is 0 Å². The van der Waals surface area contributed by atoms with Crippen molar-refractivity contribution in [1.29, 1.82) is 0 Å². The first-order chi connectivity index (χ1) is 13.3. The van der Waals surface area contributed by atoms with Gasteiger partial charge in [0, 0.05) is 18.5 Å². The molecule has 0 unspecified atom stereocenters. The number of rotatable bonds is 7. The van der Waals surface area contributed by atoms with Crippen LogP contribution in [-0.2, 0) is 9.59 Å². The number of hydrogen-bond donors (Lipinski definition) is 3. The normalized spacial score (nSPS) is 10.7. The summed E-state index contributed by atoms with van der Waals surface area (Å²) in [6.07, 6.45) is 1.48. The molecule has 2 aromatic carbocycles. The van der Waals surface area contributed by atoms with Crippen molar-refractivity contribution >= 4 is 39.6 Å². The number of amides is 2. The molecule has 0 spiro atoms. The van der Waals surface area contributed by atoms with E-state index in [1.807, 2.05) is 32.0 Å². The van der Waals surface area contributed by atoms with Crippen LogP contribution in [-0.4, -0.2) is 30.2 Å². The molecule has 0 aliphatic carbocycles. The number of halogens is 1. The lowest BCUT2D eigenvalue weighted by atomic mass is 10.1. The molecular weight excluding hydrogens is 426 g/mol. The molecule has 0 fully saturated rings. The zero-order valence-corrected chi connectivity index (χ0v) is 17.5. The van der Waals surface area contributed by atoms with Gasteiger partial charge >= 0.3 is 0 Å². The Labute approximate surface area is 171 Å². The highest BCUT2D eigenvalue weighted by Gasteiger charge is 2.10. The van der Waals surface area contributed by atoms with Crippen LogP contribution in [0, 0.1) is 13.8 Å². The maximum atomic E-state index is 12.0. The molecule has 3 N–H and O–H groups in total. The maximum Gasteiger partial charge on any atom is 0.240 e. The number of methoxy groups -OCH3 is 1. The van der Waals surface area contributed by atoms with Crippen molar-refractivity contribution in [3.8, 4) is 11.5 Å². The lowest BCUT2D eigenvalue weighted by Gasteiger charge is -2.10. The molecule has 0 aromatic heterocycles. The maximum absolute atomic E-state index is 12.0. The first-order valence-corrected chi connectivity index (χ1v) is 9.35. The minimum atomic E-state index is -0.378. The molecule has 8 heteroatoms. The third kappa shape index (κ3) is 5.82. The van der Waals surface area contributed by atoms with Gasteiger partial charge in [-0.05, 0) is 64.7 Å². The average molecular weight is 448 g/mol. The molecule has 0 aliphatic heterocycles. The van der Waals surface area contributed by atoms with E-state index in [-0.39, 0.29) is 36.2 Å². The Kier molecular flexibility index (Phi) is 7.57. The number of benzene rings is 2. The molecular formula is C20H22BrN3O4. The Morgan fingerprint density at radius 3 is 2.64 bits per heavy atom. The van der Waals surface area contributed by atoms with Gasteiger partial charge in [0.2, 0.25) is 11.8 Å². The summed E-state index contributed by atoms with van der Waals surface area (Å²) in [6.45, 7) is 3.90. The molecule has 2 aromatic rings. The van der Waals surface area contributed by atoms with Crippen LogP contribution in [0.15, 0.2) is 39.9 Å². The fourth-order valence-electron chi connectivity index (χ4n) is 2.38. The minimum Gasteiger partial charge on any atom is -0.503 e. The third-order valence-corrected chi connectivity index (χ3v) is 4.74. The van der Waals surface area contributed by atoms with Gasteiger partial charge in [-0.1, -0.05) is 12.1 Å². The van der Waals surface area contributed by atoms with Gasteiger partial charge < -0.3 is 15.2 Å². The number of aromatic hydroxyl groups is 1. The number of nitrogens with one attached hydrogen (secondary N) is 2. The minimum absolute atomic E-state index is 0.0105. The van der Waals surface area contributed by atoms with Crippen LogP contribution in [0.3, 0.4) is 0 Å². The van der Waals surface area contributed by atoms with E-state index in [1.165, 1.54) is 13.3 Å². The van der Waals surface area contributed by atoms with Crippen LogP contribution in [0.4, 0.5) is 5.69 Å². The van der Waals surface area contributed by atoms with Crippen molar-refractivity contribution in [2.75, 3.05) is 12.4 Å². The summed E-state index contributed by atoms with van der Waals surface area (Å²) in [7, 11) is 1.44. The SMILES string of the molecule is COc1cc(/C=N/NC(=O)CCC(=O)Nc2cccc(C)c2C)cc(Br)c1O. The summed E-state index contributed by atoms with van der Waals surface area (Å²) < 4.78 is 5.50. The van der Waals surface area contributed by atoms with Crippen molar-refractivity contribution in [1.82, 2.24) is 5.43 Å². The topological polar surface area (TPSA) is 100 Å². The molecule has 0 radical (unpaired) electrons. The molecule has 0 heterocycles. The summed E-state index contributed by atoms with van der Waals surface area (Å²) in [5.41, 5.74) is 5.83. The Balaban J connectivity index is 1.84. The number of phenols is 1.